The molecule has 0 radical (unpaired) electrons. The number of ether oxygens (including phenoxy) is 1. The van der Waals surface area contributed by atoms with E-state index in [1.54, 1.807) is 0 Å². The summed E-state index contributed by atoms with van der Waals surface area (Å²) < 4.78 is 6.12. The first-order chi connectivity index (χ1) is 14.1. The van der Waals surface area contributed by atoms with Gasteiger partial charge in [0, 0.05) is 36.3 Å². The number of guanidine groups is 1. The highest BCUT2D eigenvalue weighted by atomic mass is 127. The van der Waals surface area contributed by atoms with Gasteiger partial charge in [-0.1, -0.05) is 30.3 Å². The fourth-order valence-corrected chi connectivity index (χ4v) is 4.18. The summed E-state index contributed by atoms with van der Waals surface area (Å²) in [5, 5.41) is 6.92. The third-order valence-corrected chi connectivity index (χ3v) is 6.35. The number of likely N-dealkylation sites (N-methyl/N-ethyl adjacent to an activating group) is 1. The summed E-state index contributed by atoms with van der Waals surface area (Å²) in [6.45, 7) is 3.22. The smallest absolute Gasteiger partial charge is 0.191 e. The molecule has 0 heterocycles. The normalized spacial score (nSPS) is 14.7. The molecule has 0 saturated heterocycles. The van der Waals surface area contributed by atoms with Gasteiger partial charge >= 0.3 is 0 Å². The van der Waals surface area contributed by atoms with E-state index in [9.17, 15) is 0 Å². The second kappa shape index (κ2) is 12.4. The molecule has 1 fully saturated rings. The Balaban J connectivity index is 0.00000320. The van der Waals surface area contributed by atoms with Gasteiger partial charge in [0.25, 0.3) is 0 Å². The van der Waals surface area contributed by atoms with Crippen LogP contribution in [0, 0.1) is 0 Å². The lowest BCUT2D eigenvalue weighted by Crippen LogP contribution is -2.40. The van der Waals surface area contributed by atoms with Crippen LogP contribution in [0.15, 0.2) is 64.5 Å². The maximum Gasteiger partial charge on any atom is 0.191 e. The molecule has 0 bridgehead atoms. The van der Waals surface area contributed by atoms with Crippen molar-refractivity contribution in [2.24, 2.45) is 4.99 Å². The van der Waals surface area contributed by atoms with E-state index in [2.05, 4.69) is 63.0 Å². The summed E-state index contributed by atoms with van der Waals surface area (Å²) >= 11 is 1.97. The van der Waals surface area contributed by atoms with Gasteiger partial charge in [-0.15, -0.1) is 35.7 Å². The van der Waals surface area contributed by atoms with Gasteiger partial charge in [0.05, 0.1) is 0 Å². The summed E-state index contributed by atoms with van der Waals surface area (Å²) in [6, 6.07) is 18.9. The number of nitrogens with zero attached hydrogens (tertiary/aromatic N) is 2. The molecule has 7 heteroatoms. The molecular formula is C23H33IN4OS. The molecule has 5 nitrogen and oxygen atoms in total. The van der Waals surface area contributed by atoms with Crippen molar-refractivity contribution in [2.75, 3.05) is 40.8 Å². The quantitative estimate of drug-likeness (QED) is 0.268. The molecule has 1 aliphatic rings. The second-order valence-corrected chi connectivity index (χ2v) is 9.22. The van der Waals surface area contributed by atoms with Crippen LogP contribution in [-0.2, 0) is 6.54 Å². The second-order valence-electron chi connectivity index (χ2n) is 7.68. The minimum absolute atomic E-state index is 0. The summed E-state index contributed by atoms with van der Waals surface area (Å²) in [7, 11) is 5.92. The minimum atomic E-state index is 0. The lowest BCUT2D eigenvalue weighted by molar-refractivity contribution is 0.261. The van der Waals surface area contributed by atoms with Gasteiger partial charge in [0.15, 0.2) is 5.96 Å². The van der Waals surface area contributed by atoms with Crippen LogP contribution in [0.1, 0.15) is 18.4 Å². The van der Waals surface area contributed by atoms with Gasteiger partial charge in [0.2, 0.25) is 0 Å². The molecule has 3 rings (SSSR count). The van der Waals surface area contributed by atoms with E-state index in [-0.39, 0.29) is 24.0 Å². The third kappa shape index (κ3) is 8.35. The number of benzene rings is 2. The summed E-state index contributed by atoms with van der Waals surface area (Å²) in [4.78, 5) is 7.83. The van der Waals surface area contributed by atoms with Crippen molar-refractivity contribution in [3.05, 3.63) is 60.2 Å². The van der Waals surface area contributed by atoms with Crippen LogP contribution in [0.25, 0.3) is 0 Å². The van der Waals surface area contributed by atoms with Gasteiger partial charge in [-0.2, -0.15) is 0 Å². The number of halogens is 1. The minimum Gasteiger partial charge on any atom is -0.492 e. The van der Waals surface area contributed by atoms with Crippen molar-refractivity contribution in [3.8, 4) is 5.75 Å². The van der Waals surface area contributed by atoms with Gasteiger partial charge < -0.3 is 20.3 Å². The molecular weight excluding hydrogens is 507 g/mol. The maximum atomic E-state index is 5.83. The van der Waals surface area contributed by atoms with Crippen molar-refractivity contribution in [1.82, 2.24) is 15.5 Å². The number of nitrogens with one attached hydrogen (secondary N) is 2. The van der Waals surface area contributed by atoms with E-state index >= 15 is 0 Å². The Kier molecular flexibility index (Phi) is 10.3. The van der Waals surface area contributed by atoms with Crippen LogP contribution in [0.4, 0.5) is 0 Å². The largest absolute Gasteiger partial charge is 0.492 e. The van der Waals surface area contributed by atoms with Crippen molar-refractivity contribution < 1.29 is 4.74 Å². The number of thioether (sulfide) groups is 1. The monoisotopic (exact) mass is 540 g/mol. The zero-order valence-electron chi connectivity index (χ0n) is 18.1. The summed E-state index contributed by atoms with van der Waals surface area (Å²) in [6.07, 6.45) is 2.48. The Labute approximate surface area is 202 Å². The Morgan fingerprint density at radius 2 is 1.87 bits per heavy atom. The molecule has 0 aliphatic heterocycles. The molecule has 1 saturated carbocycles. The Morgan fingerprint density at radius 1 is 1.10 bits per heavy atom. The lowest BCUT2D eigenvalue weighted by Gasteiger charge is -2.18. The number of rotatable bonds is 10. The summed E-state index contributed by atoms with van der Waals surface area (Å²) in [5.74, 6) is 1.74. The Bertz CT molecular complexity index is 797. The SMILES string of the molecule is CN=C(NCc1cccc(OCCN(C)C)c1)NCC1(Sc2ccccc2)CC1.I. The first-order valence-corrected chi connectivity index (χ1v) is 11.0. The predicted molar refractivity (Wildman–Crippen MR) is 138 cm³/mol. The highest BCUT2D eigenvalue weighted by Crippen LogP contribution is 2.51. The number of aliphatic imine (C=N–C) groups is 1. The van der Waals surface area contributed by atoms with Crippen LogP contribution >= 0.6 is 35.7 Å². The van der Waals surface area contributed by atoms with Gasteiger partial charge in [-0.25, -0.2) is 0 Å². The van der Waals surface area contributed by atoms with E-state index in [0.29, 0.717) is 17.9 Å². The Morgan fingerprint density at radius 3 is 2.53 bits per heavy atom. The fourth-order valence-electron chi connectivity index (χ4n) is 2.94. The van der Waals surface area contributed by atoms with Gasteiger partial charge in [-0.05, 0) is 56.8 Å². The first-order valence-electron chi connectivity index (χ1n) is 10.1. The van der Waals surface area contributed by atoms with Gasteiger partial charge in [-0.3, -0.25) is 4.99 Å². The van der Waals surface area contributed by atoms with Gasteiger partial charge in [0.1, 0.15) is 12.4 Å². The highest BCUT2D eigenvalue weighted by Gasteiger charge is 2.43. The lowest BCUT2D eigenvalue weighted by atomic mass is 10.2. The molecule has 0 spiro atoms. The van der Waals surface area contributed by atoms with E-state index in [1.165, 1.54) is 23.3 Å². The third-order valence-electron chi connectivity index (χ3n) is 4.85. The first kappa shape index (κ1) is 24.8. The van der Waals surface area contributed by atoms with Crippen LogP contribution in [-0.4, -0.2) is 56.4 Å². The van der Waals surface area contributed by atoms with E-state index in [0.717, 1.165) is 24.8 Å². The number of hydrogen-bond donors (Lipinski definition) is 2. The van der Waals surface area contributed by atoms with Crippen LogP contribution in [0.2, 0.25) is 0 Å². The average molecular weight is 541 g/mol. The molecule has 30 heavy (non-hydrogen) atoms. The van der Waals surface area contributed by atoms with E-state index < -0.39 is 0 Å². The molecule has 2 aromatic carbocycles. The van der Waals surface area contributed by atoms with E-state index in [1.807, 2.05) is 45.0 Å². The molecule has 2 N–H and O–H groups in total. The van der Waals surface area contributed by atoms with Crippen molar-refractivity contribution in [1.29, 1.82) is 0 Å². The van der Waals surface area contributed by atoms with Crippen molar-refractivity contribution in [3.63, 3.8) is 0 Å². The highest BCUT2D eigenvalue weighted by molar-refractivity contribution is 14.0. The summed E-state index contributed by atoms with van der Waals surface area (Å²) in [5.41, 5.74) is 1.18. The van der Waals surface area contributed by atoms with E-state index in [4.69, 9.17) is 4.74 Å². The van der Waals surface area contributed by atoms with Crippen molar-refractivity contribution in [2.45, 2.75) is 29.0 Å². The van der Waals surface area contributed by atoms with Crippen LogP contribution in [0.3, 0.4) is 0 Å². The zero-order chi connectivity index (χ0) is 20.5. The molecule has 0 atom stereocenters. The zero-order valence-corrected chi connectivity index (χ0v) is 21.2. The molecule has 0 unspecified atom stereocenters. The topological polar surface area (TPSA) is 48.9 Å². The maximum absolute atomic E-state index is 5.83. The average Bonchev–Trinajstić information content (AvgIpc) is 3.48. The molecule has 164 valence electrons. The van der Waals surface area contributed by atoms with Crippen LogP contribution in [0.5, 0.6) is 5.75 Å². The Hall–Kier alpha value is -1.45. The molecule has 0 amide bonds. The fraction of sp³-hybridized carbons (Fsp3) is 0.435. The molecule has 1 aliphatic carbocycles. The van der Waals surface area contributed by atoms with Crippen LogP contribution < -0.4 is 15.4 Å². The predicted octanol–water partition coefficient (Wildman–Crippen LogP) is 4.23. The standard InChI is InChI=1S/C23H32N4OS.HI/c1-24-22(26-18-23(12-13-23)29-21-10-5-4-6-11-21)25-17-19-8-7-9-20(16-19)28-15-14-27(2)3;/h4-11,16H,12-15,17-18H2,1-3H3,(H2,24,25,26);1H. The number of hydrogen-bond acceptors (Lipinski definition) is 4. The molecule has 2 aromatic rings. The van der Waals surface area contributed by atoms with Crippen molar-refractivity contribution >= 4 is 41.7 Å². The molecule has 0 aromatic heterocycles.